The standard InChI is InChI=1S/C18H20ClN5O2/c19-16-8-15(17(20)22-21-16)23-9-13-6-7-14(10-23)24(13)18(25)26-11-12-4-2-1-3-5-12/h1-5,8,13-14H,6-7,9-11H2,(H2,20,22). The number of benzene rings is 1. The number of halogens is 1. The van der Waals surface area contributed by atoms with Crippen molar-refractivity contribution in [1.29, 1.82) is 0 Å². The first kappa shape index (κ1) is 16.9. The van der Waals surface area contributed by atoms with E-state index in [1.54, 1.807) is 6.07 Å². The lowest BCUT2D eigenvalue weighted by atomic mass is 10.2. The van der Waals surface area contributed by atoms with Crippen molar-refractivity contribution < 1.29 is 9.53 Å². The Bertz CT molecular complexity index is 789. The maximum Gasteiger partial charge on any atom is 0.410 e. The number of nitrogens with zero attached hydrogens (tertiary/aromatic N) is 4. The summed E-state index contributed by atoms with van der Waals surface area (Å²) in [5.74, 6) is 0.355. The van der Waals surface area contributed by atoms with E-state index >= 15 is 0 Å². The summed E-state index contributed by atoms with van der Waals surface area (Å²) in [4.78, 5) is 16.6. The maximum atomic E-state index is 12.6. The van der Waals surface area contributed by atoms with Crippen LogP contribution in [0.4, 0.5) is 16.3 Å². The summed E-state index contributed by atoms with van der Waals surface area (Å²) >= 11 is 5.96. The summed E-state index contributed by atoms with van der Waals surface area (Å²) in [7, 11) is 0. The Hall–Kier alpha value is -2.54. The van der Waals surface area contributed by atoms with Crippen molar-refractivity contribution >= 4 is 29.2 Å². The average molecular weight is 374 g/mol. The first-order chi connectivity index (χ1) is 12.6. The van der Waals surface area contributed by atoms with E-state index in [9.17, 15) is 4.79 Å². The number of fused-ring (bicyclic) bond motifs is 2. The van der Waals surface area contributed by atoms with Gasteiger partial charge in [-0.1, -0.05) is 41.9 Å². The van der Waals surface area contributed by atoms with Crippen LogP contribution in [0.5, 0.6) is 0 Å². The topological polar surface area (TPSA) is 84.6 Å². The first-order valence-corrected chi connectivity index (χ1v) is 9.02. The van der Waals surface area contributed by atoms with Gasteiger partial charge in [-0.15, -0.1) is 10.2 Å². The summed E-state index contributed by atoms with van der Waals surface area (Å²) in [6.07, 6.45) is 1.65. The molecule has 0 spiro atoms. The van der Waals surface area contributed by atoms with E-state index in [-0.39, 0.29) is 24.8 Å². The number of hydrogen-bond donors (Lipinski definition) is 1. The van der Waals surface area contributed by atoms with Crippen molar-refractivity contribution in [2.75, 3.05) is 23.7 Å². The molecule has 0 radical (unpaired) electrons. The Morgan fingerprint density at radius 1 is 1.19 bits per heavy atom. The third kappa shape index (κ3) is 3.26. The van der Waals surface area contributed by atoms with Crippen LogP contribution in [0.1, 0.15) is 18.4 Å². The maximum absolute atomic E-state index is 12.6. The summed E-state index contributed by atoms with van der Waals surface area (Å²) in [5.41, 5.74) is 7.72. The lowest BCUT2D eigenvalue weighted by Gasteiger charge is -2.41. The SMILES string of the molecule is Nc1nnc(Cl)cc1N1CC2CCC(C1)N2C(=O)OCc1ccccc1. The van der Waals surface area contributed by atoms with Gasteiger partial charge in [-0.25, -0.2) is 4.79 Å². The van der Waals surface area contributed by atoms with Crippen molar-refractivity contribution in [3.63, 3.8) is 0 Å². The van der Waals surface area contributed by atoms with Crippen molar-refractivity contribution in [2.45, 2.75) is 31.5 Å². The van der Waals surface area contributed by atoms with Crippen LogP contribution in [-0.2, 0) is 11.3 Å². The van der Waals surface area contributed by atoms with E-state index in [0.717, 1.165) is 24.1 Å². The number of nitrogens with two attached hydrogens (primary N) is 1. The predicted molar refractivity (Wildman–Crippen MR) is 98.9 cm³/mol. The zero-order chi connectivity index (χ0) is 18.1. The van der Waals surface area contributed by atoms with E-state index in [1.165, 1.54) is 0 Å². The molecular formula is C18H20ClN5O2. The van der Waals surface area contributed by atoms with Crippen LogP contribution in [0.3, 0.4) is 0 Å². The number of nitrogen functional groups attached to an aromatic ring is 1. The van der Waals surface area contributed by atoms with Gasteiger partial charge in [-0.05, 0) is 18.4 Å². The van der Waals surface area contributed by atoms with Gasteiger partial charge < -0.3 is 15.4 Å². The number of anilines is 2. The highest BCUT2D eigenvalue weighted by Crippen LogP contribution is 2.35. The molecule has 0 aliphatic carbocycles. The minimum Gasteiger partial charge on any atom is -0.445 e. The molecule has 2 aliphatic rings. The highest BCUT2D eigenvalue weighted by atomic mass is 35.5. The zero-order valence-electron chi connectivity index (χ0n) is 14.2. The number of carbonyl (C=O) groups is 1. The smallest absolute Gasteiger partial charge is 0.410 e. The fourth-order valence-electron chi connectivity index (χ4n) is 3.81. The van der Waals surface area contributed by atoms with Crippen molar-refractivity contribution in [2.24, 2.45) is 0 Å². The first-order valence-electron chi connectivity index (χ1n) is 8.64. The quantitative estimate of drug-likeness (QED) is 0.890. The minimum atomic E-state index is -0.250. The van der Waals surface area contributed by atoms with Crippen molar-refractivity contribution in [3.8, 4) is 0 Å². The number of ether oxygens (including phenoxy) is 1. The van der Waals surface area contributed by atoms with Gasteiger partial charge in [0.1, 0.15) is 6.61 Å². The van der Waals surface area contributed by atoms with Gasteiger partial charge in [0.2, 0.25) is 0 Å². The van der Waals surface area contributed by atoms with Gasteiger partial charge in [-0.2, -0.15) is 0 Å². The largest absolute Gasteiger partial charge is 0.445 e. The highest BCUT2D eigenvalue weighted by Gasteiger charge is 2.44. The van der Waals surface area contributed by atoms with Gasteiger partial charge in [0.05, 0.1) is 17.8 Å². The van der Waals surface area contributed by atoms with Gasteiger partial charge >= 0.3 is 6.09 Å². The zero-order valence-corrected chi connectivity index (χ0v) is 15.0. The van der Waals surface area contributed by atoms with E-state index < -0.39 is 0 Å². The van der Waals surface area contributed by atoms with Crippen molar-refractivity contribution in [3.05, 3.63) is 47.1 Å². The van der Waals surface area contributed by atoms with Crippen LogP contribution < -0.4 is 10.6 Å². The van der Waals surface area contributed by atoms with Crippen LogP contribution in [0.15, 0.2) is 36.4 Å². The van der Waals surface area contributed by atoms with Crippen LogP contribution >= 0.6 is 11.6 Å². The molecular weight excluding hydrogens is 354 g/mol. The van der Waals surface area contributed by atoms with Crippen LogP contribution in [0.2, 0.25) is 5.15 Å². The lowest BCUT2D eigenvalue weighted by molar-refractivity contribution is 0.0734. The van der Waals surface area contributed by atoms with Crippen molar-refractivity contribution in [1.82, 2.24) is 15.1 Å². The van der Waals surface area contributed by atoms with E-state index in [4.69, 9.17) is 22.1 Å². The van der Waals surface area contributed by atoms with Gasteiger partial charge in [0.15, 0.2) is 11.0 Å². The van der Waals surface area contributed by atoms with Gasteiger partial charge in [0, 0.05) is 19.2 Å². The molecule has 2 aliphatic heterocycles. The predicted octanol–water partition coefficient (Wildman–Crippen LogP) is 2.70. The highest BCUT2D eigenvalue weighted by molar-refractivity contribution is 6.29. The third-order valence-corrected chi connectivity index (χ3v) is 5.20. The number of carbonyl (C=O) groups excluding carboxylic acids is 1. The molecule has 2 saturated heterocycles. The normalized spacial score (nSPS) is 21.7. The number of rotatable bonds is 3. The molecule has 2 atom stereocenters. The monoisotopic (exact) mass is 373 g/mol. The summed E-state index contributed by atoms with van der Waals surface area (Å²) < 4.78 is 5.53. The Morgan fingerprint density at radius 2 is 1.88 bits per heavy atom. The van der Waals surface area contributed by atoms with E-state index in [0.29, 0.717) is 24.1 Å². The molecule has 8 heteroatoms. The molecule has 3 heterocycles. The molecule has 2 aromatic rings. The Balaban J connectivity index is 1.43. The van der Waals surface area contributed by atoms with Crippen LogP contribution in [0.25, 0.3) is 0 Å². The molecule has 1 aromatic carbocycles. The molecule has 7 nitrogen and oxygen atoms in total. The Kier molecular flexibility index (Phi) is 4.55. The Labute approximate surface area is 156 Å². The van der Waals surface area contributed by atoms with E-state index in [1.807, 2.05) is 35.2 Å². The number of amides is 1. The summed E-state index contributed by atoms with van der Waals surface area (Å²) in [5, 5.41) is 7.97. The van der Waals surface area contributed by atoms with Gasteiger partial charge in [0.25, 0.3) is 0 Å². The minimum absolute atomic E-state index is 0.100. The van der Waals surface area contributed by atoms with Crippen LogP contribution in [-0.4, -0.2) is 46.4 Å². The molecule has 2 N–H and O–H groups in total. The molecule has 1 aromatic heterocycles. The molecule has 26 heavy (non-hydrogen) atoms. The number of piperazine rings is 1. The molecule has 136 valence electrons. The summed E-state index contributed by atoms with van der Waals surface area (Å²) in [6, 6.07) is 11.6. The number of hydrogen-bond acceptors (Lipinski definition) is 6. The third-order valence-electron chi connectivity index (χ3n) is 5.01. The Morgan fingerprint density at radius 3 is 2.58 bits per heavy atom. The molecule has 2 fully saturated rings. The molecule has 0 saturated carbocycles. The summed E-state index contributed by atoms with van der Waals surface area (Å²) in [6.45, 7) is 1.66. The second-order valence-electron chi connectivity index (χ2n) is 6.67. The average Bonchev–Trinajstić information content (AvgIpc) is 2.92. The van der Waals surface area contributed by atoms with Crippen LogP contribution in [0, 0.1) is 0 Å². The van der Waals surface area contributed by atoms with E-state index in [2.05, 4.69) is 15.1 Å². The lowest BCUT2D eigenvalue weighted by Crippen LogP contribution is -2.56. The fraction of sp³-hybridized carbons (Fsp3) is 0.389. The molecule has 1 amide bonds. The molecule has 2 unspecified atom stereocenters. The fourth-order valence-corrected chi connectivity index (χ4v) is 3.95. The molecule has 4 rings (SSSR count). The van der Waals surface area contributed by atoms with Gasteiger partial charge in [-0.3, -0.25) is 4.90 Å². The second-order valence-corrected chi connectivity index (χ2v) is 7.06. The molecule has 2 bridgehead atoms. The number of aromatic nitrogens is 2. The second kappa shape index (κ2) is 6.99.